The number of nitrogens with zero attached hydrogens (tertiary/aromatic N) is 1. The SMILES string of the molecule is O=C1CC(OCc2ccccc2)=NC=C1OCc1ccccc1. The van der Waals surface area contributed by atoms with Gasteiger partial charge in [0.2, 0.25) is 5.78 Å². The number of rotatable bonds is 5. The van der Waals surface area contributed by atoms with E-state index in [4.69, 9.17) is 9.47 Å². The molecule has 0 N–H and O–H groups in total. The third-order valence-corrected chi connectivity index (χ3v) is 3.40. The summed E-state index contributed by atoms with van der Waals surface area (Å²) in [7, 11) is 0. The smallest absolute Gasteiger partial charge is 0.208 e. The molecule has 3 rings (SSSR count). The van der Waals surface area contributed by atoms with Crippen LogP contribution < -0.4 is 0 Å². The number of hydrogen-bond acceptors (Lipinski definition) is 4. The second-order valence-electron chi connectivity index (χ2n) is 5.16. The van der Waals surface area contributed by atoms with E-state index in [9.17, 15) is 4.79 Å². The number of Topliss-reactive ketones (excluding diaryl/α,β-unsaturated/α-hetero) is 1. The van der Waals surface area contributed by atoms with E-state index in [0.717, 1.165) is 11.1 Å². The van der Waals surface area contributed by atoms with Gasteiger partial charge in [-0.15, -0.1) is 0 Å². The molecule has 2 aromatic rings. The zero-order valence-corrected chi connectivity index (χ0v) is 12.6. The highest BCUT2D eigenvalue weighted by molar-refractivity contribution is 6.07. The quantitative estimate of drug-likeness (QED) is 0.847. The van der Waals surface area contributed by atoms with Crippen molar-refractivity contribution < 1.29 is 14.3 Å². The molecule has 1 heterocycles. The minimum Gasteiger partial charge on any atom is -0.484 e. The fourth-order valence-electron chi connectivity index (χ4n) is 2.15. The highest BCUT2D eigenvalue weighted by Crippen LogP contribution is 2.14. The van der Waals surface area contributed by atoms with E-state index in [1.54, 1.807) is 0 Å². The van der Waals surface area contributed by atoms with Gasteiger partial charge in [0, 0.05) is 0 Å². The molecule has 1 aliphatic rings. The van der Waals surface area contributed by atoms with Crippen LogP contribution in [0.5, 0.6) is 0 Å². The van der Waals surface area contributed by atoms with E-state index < -0.39 is 0 Å². The molecule has 0 aromatic heterocycles. The lowest BCUT2D eigenvalue weighted by molar-refractivity contribution is -0.118. The summed E-state index contributed by atoms with van der Waals surface area (Å²) in [4.78, 5) is 16.3. The van der Waals surface area contributed by atoms with Crippen LogP contribution in [0.4, 0.5) is 0 Å². The number of carbonyl (C=O) groups excluding carboxylic acids is 1. The average Bonchev–Trinajstić information content (AvgIpc) is 2.61. The number of allylic oxidation sites excluding steroid dienone is 1. The Morgan fingerprint density at radius 1 is 0.826 bits per heavy atom. The van der Waals surface area contributed by atoms with Crippen LogP contribution in [-0.2, 0) is 27.5 Å². The topological polar surface area (TPSA) is 47.9 Å². The monoisotopic (exact) mass is 307 g/mol. The Bertz CT molecular complexity index is 721. The Kier molecular flexibility index (Phi) is 4.84. The molecule has 2 aromatic carbocycles. The first-order valence-electron chi connectivity index (χ1n) is 7.45. The van der Waals surface area contributed by atoms with Gasteiger partial charge in [0.25, 0.3) is 0 Å². The summed E-state index contributed by atoms with van der Waals surface area (Å²) in [5.74, 6) is 0.589. The predicted octanol–water partition coefficient (Wildman–Crippen LogP) is 3.63. The van der Waals surface area contributed by atoms with Gasteiger partial charge in [0.05, 0.1) is 12.6 Å². The molecule has 4 heteroatoms. The molecule has 0 unspecified atom stereocenters. The average molecular weight is 307 g/mol. The van der Waals surface area contributed by atoms with Gasteiger partial charge in [0.15, 0.2) is 11.7 Å². The van der Waals surface area contributed by atoms with Gasteiger partial charge in [-0.1, -0.05) is 60.7 Å². The lowest BCUT2D eigenvalue weighted by atomic mass is 10.2. The summed E-state index contributed by atoms with van der Waals surface area (Å²) in [6, 6.07) is 19.5. The maximum atomic E-state index is 12.1. The normalized spacial score (nSPS) is 14.0. The molecule has 116 valence electrons. The summed E-state index contributed by atoms with van der Waals surface area (Å²) < 4.78 is 11.1. The largest absolute Gasteiger partial charge is 0.484 e. The number of hydrogen-bond donors (Lipinski definition) is 0. The highest BCUT2D eigenvalue weighted by atomic mass is 16.5. The minimum absolute atomic E-state index is 0.112. The van der Waals surface area contributed by atoms with Gasteiger partial charge >= 0.3 is 0 Å². The Morgan fingerprint density at radius 2 is 1.39 bits per heavy atom. The standard InChI is InChI=1S/C19H17NO3/c21-17-11-19(23-14-16-9-5-2-6-10-16)20-12-18(17)22-13-15-7-3-1-4-8-15/h1-10,12H,11,13-14H2. The summed E-state index contributed by atoms with van der Waals surface area (Å²) in [6.45, 7) is 0.759. The molecule has 1 aliphatic heterocycles. The van der Waals surface area contributed by atoms with Crippen molar-refractivity contribution in [3.05, 3.63) is 83.7 Å². The molecule has 0 bridgehead atoms. The molecular formula is C19H17NO3. The third-order valence-electron chi connectivity index (χ3n) is 3.40. The number of aliphatic imine (C=N–C) groups is 1. The Morgan fingerprint density at radius 3 is 1.96 bits per heavy atom. The van der Waals surface area contributed by atoms with Crippen LogP contribution in [0.3, 0.4) is 0 Å². The van der Waals surface area contributed by atoms with E-state index in [-0.39, 0.29) is 18.0 Å². The van der Waals surface area contributed by atoms with Gasteiger partial charge in [-0.3, -0.25) is 4.79 Å². The number of benzene rings is 2. The summed E-state index contributed by atoms with van der Waals surface area (Å²) in [5.41, 5.74) is 2.05. The van der Waals surface area contributed by atoms with Crippen LogP contribution in [0.1, 0.15) is 17.5 Å². The lowest BCUT2D eigenvalue weighted by Crippen LogP contribution is -2.18. The van der Waals surface area contributed by atoms with Crippen LogP contribution in [0, 0.1) is 0 Å². The van der Waals surface area contributed by atoms with Crippen molar-refractivity contribution in [2.24, 2.45) is 4.99 Å². The van der Waals surface area contributed by atoms with Gasteiger partial charge in [0.1, 0.15) is 13.2 Å². The molecular weight excluding hydrogens is 290 g/mol. The molecule has 23 heavy (non-hydrogen) atoms. The van der Waals surface area contributed by atoms with E-state index >= 15 is 0 Å². The van der Waals surface area contributed by atoms with Gasteiger partial charge in [-0.25, -0.2) is 4.99 Å². The number of ether oxygens (including phenoxy) is 2. The first kappa shape index (κ1) is 15.0. The van der Waals surface area contributed by atoms with Crippen molar-refractivity contribution >= 4 is 11.7 Å². The fraction of sp³-hybridized carbons (Fsp3) is 0.158. The fourth-order valence-corrected chi connectivity index (χ4v) is 2.15. The Labute approximate surface area is 135 Å². The molecule has 0 fully saturated rings. The molecule has 0 atom stereocenters. The summed E-state index contributed by atoms with van der Waals surface area (Å²) in [5, 5.41) is 0. The van der Waals surface area contributed by atoms with Gasteiger partial charge in [-0.05, 0) is 11.1 Å². The Hall–Kier alpha value is -2.88. The van der Waals surface area contributed by atoms with Crippen LogP contribution in [0.15, 0.2) is 77.6 Å². The molecule has 0 saturated heterocycles. The maximum absolute atomic E-state index is 12.1. The lowest BCUT2D eigenvalue weighted by Gasteiger charge is -2.14. The van der Waals surface area contributed by atoms with Gasteiger partial charge in [-0.2, -0.15) is 0 Å². The predicted molar refractivity (Wildman–Crippen MR) is 87.6 cm³/mol. The van der Waals surface area contributed by atoms with Crippen LogP contribution in [-0.4, -0.2) is 11.7 Å². The van der Waals surface area contributed by atoms with Crippen LogP contribution in [0.2, 0.25) is 0 Å². The van der Waals surface area contributed by atoms with Crippen LogP contribution in [0.25, 0.3) is 0 Å². The maximum Gasteiger partial charge on any atom is 0.208 e. The third kappa shape index (κ3) is 4.30. The van der Waals surface area contributed by atoms with E-state index in [1.165, 1.54) is 6.20 Å². The minimum atomic E-state index is -0.112. The number of carbonyl (C=O) groups is 1. The Balaban J connectivity index is 1.56. The summed E-state index contributed by atoms with van der Waals surface area (Å²) >= 11 is 0. The molecule has 0 aliphatic carbocycles. The van der Waals surface area contributed by atoms with Crippen molar-refractivity contribution in [2.75, 3.05) is 0 Å². The van der Waals surface area contributed by atoms with Crippen molar-refractivity contribution in [3.63, 3.8) is 0 Å². The van der Waals surface area contributed by atoms with E-state index in [2.05, 4.69) is 4.99 Å². The zero-order chi connectivity index (χ0) is 15.9. The first-order chi connectivity index (χ1) is 11.3. The van der Waals surface area contributed by atoms with Crippen LogP contribution >= 0.6 is 0 Å². The van der Waals surface area contributed by atoms with Crippen molar-refractivity contribution in [1.82, 2.24) is 0 Å². The van der Waals surface area contributed by atoms with Crippen molar-refractivity contribution in [2.45, 2.75) is 19.6 Å². The first-order valence-corrected chi connectivity index (χ1v) is 7.45. The number of ketones is 1. The van der Waals surface area contributed by atoms with Crippen molar-refractivity contribution in [1.29, 1.82) is 0 Å². The highest BCUT2D eigenvalue weighted by Gasteiger charge is 2.19. The molecule has 0 saturated carbocycles. The van der Waals surface area contributed by atoms with E-state index in [1.807, 2.05) is 60.7 Å². The molecule has 0 amide bonds. The molecule has 4 nitrogen and oxygen atoms in total. The summed E-state index contributed by atoms with van der Waals surface area (Å²) in [6.07, 6.45) is 1.57. The second kappa shape index (κ2) is 7.40. The molecule has 0 spiro atoms. The van der Waals surface area contributed by atoms with Gasteiger partial charge < -0.3 is 9.47 Å². The zero-order valence-electron chi connectivity index (χ0n) is 12.6. The second-order valence-corrected chi connectivity index (χ2v) is 5.16. The molecule has 0 radical (unpaired) electrons. The van der Waals surface area contributed by atoms with E-state index in [0.29, 0.717) is 19.1 Å². The van der Waals surface area contributed by atoms with Crippen molar-refractivity contribution in [3.8, 4) is 0 Å².